The Balaban J connectivity index is 2.04. The van der Waals surface area contributed by atoms with Gasteiger partial charge < -0.3 is 23.7 Å². The fraction of sp³-hybridized carbons (Fsp3) is 0.286. The molecule has 1 heterocycles. The van der Waals surface area contributed by atoms with Gasteiger partial charge in [-0.25, -0.2) is 0 Å². The number of ether oxygens (including phenoxy) is 5. The molecule has 1 aliphatic rings. The highest BCUT2D eigenvalue weighted by Gasteiger charge is 2.30. The molecule has 0 atom stereocenters. The molecule has 2 aromatic carbocycles. The molecule has 0 aromatic heterocycles. The molecule has 0 bridgehead atoms. The lowest BCUT2D eigenvalue weighted by Crippen LogP contribution is -2.00. The molecule has 3 rings (SSSR count). The molecule has 0 fully saturated rings. The first kappa shape index (κ1) is 18.6. The van der Waals surface area contributed by atoms with Gasteiger partial charge in [-0.15, -0.1) is 0 Å². The first-order valence-corrected chi connectivity index (χ1v) is 8.55. The van der Waals surface area contributed by atoms with Crippen LogP contribution in [0, 0.1) is 6.92 Å². The molecular weight excluding hydrogens is 348 g/mol. The minimum Gasteiger partial charge on any atom is -0.493 e. The lowest BCUT2D eigenvalue weighted by Gasteiger charge is -2.14. The van der Waals surface area contributed by atoms with Crippen molar-refractivity contribution in [2.75, 3.05) is 27.9 Å². The van der Waals surface area contributed by atoms with Crippen LogP contribution in [0.4, 0.5) is 0 Å². The summed E-state index contributed by atoms with van der Waals surface area (Å²) < 4.78 is 27.6. The lowest BCUT2D eigenvalue weighted by molar-refractivity contribution is 0.101. The van der Waals surface area contributed by atoms with Gasteiger partial charge in [-0.2, -0.15) is 0 Å². The van der Waals surface area contributed by atoms with E-state index in [9.17, 15) is 4.79 Å². The van der Waals surface area contributed by atoms with Crippen molar-refractivity contribution < 1.29 is 28.5 Å². The van der Waals surface area contributed by atoms with E-state index < -0.39 is 0 Å². The van der Waals surface area contributed by atoms with Crippen molar-refractivity contribution in [3.05, 3.63) is 46.7 Å². The lowest BCUT2D eigenvalue weighted by atomic mass is 10.1. The summed E-state index contributed by atoms with van der Waals surface area (Å²) in [5.74, 6) is 2.71. The Morgan fingerprint density at radius 1 is 0.963 bits per heavy atom. The number of methoxy groups -OCH3 is 3. The van der Waals surface area contributed by atoms with Crippen LogP contribution in [0.2, 0.25) is 0 Å². The predicted octanol–water partition coefficient (Wildman–Crippen LogP) is 4.04. The summed E-state index contributed by atoms with van der Waals surface area (Å²) in [5, 5.41) is 0. The summed E-state index contributed by atoms with van der Waals surface area (Å²) >= 11 is 0. The van der Waals surface area contributed by atoms with Gasteiger partial charge >= 0.3 is 0 Å². The van der Waals surface area contributed by atoms with Crippen molar-refractivity contribution in [1.29, 1.82) is 0 Å². The van der Waals surface area contributed by atoms with Crippen LogP contribution in [0.15, 0.2) is 30.0 Å². The highest BCUT2D eigenvalue weighted by atomic mass is 16.5. The van der Waals surface area contributed by atoms with Crippen LogP contribution in [0.25, 0.3) is 6.08 Å². The third-order valence-corrected chi connectivity index (χ3v) is 4.36. The maximum atomic E-state index is 12.8. The summed E-state index contributed by atoms with van der Waals surface area (Å²) in [7, 11) is 4.61. The number of allylic oxidation sites excluding steroid dienone is 1. The Morgan fingerprint density at radius 3 is 2.30 bits per heavy atom. The minimum absolute atomic E-state index is 0.187. The summed E-state index contributed by atoms with van der Waals surface area (Å²) in [6.07, 6.45) is 1.64. The number of hydrogen-bond acceptors (Lipinski definition) is 6. The first-order chi connectivity index (χ1) is 13.0. The van der Waals surface area contributed by atoms with Crippen LogP contribution in [0.3, 0.4) is 0 Å². The van der Waals surface area contributed by atoms with Gasteiger partial charge in [0.05, 0.1) is 33.5 Å². The average Bonchev–Trinajstić information content (AvgIpc) is 3.00. The predicted molar refractivity (Wildman–Crippen MR) is 101 cm³/mol. The molecule has 0 unspecified atom stereocenters. The van der Waals surface area contributed by atoms with E-state index >= 15 is 0 Å². The molecule has 0 radical (unpaired) electrons. The van der Waals surface area contributed by atoms with Crippen LogP contribution >= 0.6 is 0 Å². The van der Waals surface area contributed by atoms with Crippen LogP contribution in [-0.2, 0) is 0 Å². The van der Waals surface area contributed by atoms with Gasteiger partial charge in [0, 0.05) is 11.1 Å². The van der Waals surface area contributed by atoms with Crippen LogP contribution < -0.4 is 23.7 Å². The molecule has 0 amide bonds. The number of ketones is 1. The molecule has 0 saturated heterocycles. The Hall–Kier alpha value is -3.15. The molecule has 142 valence electrons. The summed E-state index contributed by atoms with van der Waals surface area (Å²) in [6.45, 7) is 4.32. The quantitative estimate of drug-likeness (QED) is 0.715. The van der Waals surface area contributed by atoms with Crippen LogP contribution in [0.1, 0.15) is 28.4 Å². The number of fused-ring (bicyclic) bond motifs is 1. The van der Waals surface area contributed by atoms with E-state index in [1.165, 1.54) is 14.2 Å². The summed E-state index contributed by atoms with van der Waals surface area (Å²) in [5.41, 5.74) is 1.96. The van der Waals surface area contributed by atoms with Crippen molar-refractivity contribution in [2.24, 2.45) is 0 Å². The highest BCUT2D eigenvalue weighted by molar-refractivity contribution is 6.15. The van der Waals surface area contributed by atoms with Crippen molar-refractivity contribution in [2.45, 2.75) is 13.8 Å². The van der Waals surface area contributed by atoms with Gasteiger partial charge in [0.25, 0.3) is 0 Å². The number of carbonyl (C=O) groups is 1. The highest BCUT2D eigenvalue weighted by Crippen LogP contribution is 2.43. The maximum Gasteiger partial charge on any atom is 0.231 e. The molecule has 0 aliphatic carbocycles. The molecule has 2 aromatic rings. The summed E-state index contributed by atoms with van der Waals surface area (Å²) in [4.78, 5) is 12.8. The zero-order chi connectivity index (χ0) is 19.6. The second-order valence-electron chi connectivity index (χ2n) is 5.86. The standard InChI is InChI=1S/C21H22O6/c1-6-26-15-10-8-14-18(22)17(27-19(14)12(15)2)11-13-7-9-16(23-3)21(25-5)20(13)24-4/h7-11H,6H2,1-5H3/b17-11-. The molecule has 0 N–H and O–H groups in total. The van der Waals surface area contributed by atoms with E-state index in [1.807, 2.05) is 13.8 Å². The number of Topliss-reactive ketones (excluding diaryl/α,β-unsaturated/α-hetero) is 1. The first-order valence-electron chi connectivity index (χ1n) is 8.55. The molecule has 1 aliphatic heterocycles. The van der Waals surface area contributed by atoms with Gasteiger partial charge in [0.1, 0.15) is 11.5 Å². The molecular formula is C21H22O6. The topological polar surface area (TPSA) is 63.2 Å². The van der Waals surface area contributed by atoms with Crippen LogP contribution in [0.5, 0.6) is 28.7 Å². The number of benzene rings is 2. The zero-order valence-electron chi connectivity index (χ0n) is 16.0. The van der Waals surface area contributed by atoms with E-state index in [1.54, 1.807) is 37.5 Å². The Labute approximate surface area is 158 Å². The van der Waals surface area contributed by atoms with Gasteiger partial charge in [-0.05, 0) is 44.2 Å². The Morgan fingerprint density at radius 2 is 1.67 bits per heavy atom. The normalized spacial score (nSPS) is 14.0. The van der Waals surface area contributed by atoms with E-state index in [0.717, 1.165) is 5.56 Å². The average molecular weight is 370 g/mol. The van der Waals surface area contributed by atoms with E-state index in [2.05, 4.69) is 0 Å². The molecule has 0 saturated carbocycles. The maximum absolute atomic E-state index is 12.8. The summed E-state index contributed by atoms with van der Waals surface area (Å²) in [6, 6.07) is 7.05. The third kappa shape index (κ3) is 3.18. The number of carbonyl (C=O) groups excluding carboxylic acids is 1. The largest absolute Gasteiger partial charge is 0.493 e. The molecule has 0 spiro atoms. The second kappa shape index (κ2) is 7.61. The van der Waals surface area contributed by atoms with Crippen LogP contribution in [-0.4, -0.2) is 33.7 Å². The van der Waals surface area contributed by atoms with E-state index in [4.69, 9.17) is 23.7 Å². The van der Waals surface area contributed by atoms with Gasteiger partial charge in [0.15, 0.2) is 17.3 Å². The van der Waals surface area contributed by atoms with Crippen molar-refractivity contribution in [3.8, 4) is 28.7 Å². The Bertz CT molecular complexity index is 913. The van der Waals surface area contributed by atoms with Gasteiger partial charge in [-0.1, -0.05) is 0 Å². The second-order valence-corrected chi connectivity index (χ2v) is 5.86. The smallest absolute Gasteiger partial charge is 0.231 e. The number of hydrogen-bond donors (Lipinski definition) is 0. The molecule has 6 nitrogen and oxygen atoms in total. The van der Waals surface area contributed by atoms with Gasteiger partial charge in [-0.3, -0.25) is 4.79 Å². The van der Waals surface area contributed by atoms with Crippen molar-refractivity contribution >= 4 is 11.9 Å². The van der Waals surface area contributed by atoms with E-state index in [-0.39, 0.29) is 11.5 Å². The molecule has 6 heteroatoms. The fourth-order valence-electron chi connectivity index (χ4n) is 3.06. The SMILES string of the molecule is CCOc1ccc2c(c1C)O/C(=C\c1ccc(OC)c(OC)c1OC)C2=O. The minimum atomic E-state index is -0.187. The number of rotatable bonds is 6. The molecule has 27 heavy (non-hydrogen) atoms. The third-order valence-electron chi connectivity index (χ3n) is 4.36. The van der Waals surface area contributed by atoms with Gasteiger partial charge in [0.2, 0.25) is 11.5 Å². The van der Waals surface area contributed by atoms with Crippen molar-refractivity contribution in [3.63, 3.8) is 0 Å². The zero-order valence-corrected chi connectivity index (χ0v) is 16.0. The van der Waals surface area contributed by atoms with E-state index in [0.29, 0.717) is 46.5 Å². The monoisotopic (exact) mass is 370 g/mol. The Kier molecular flexibility index (Phi) is 5.26. The fourth-order valence-corrected chi connectivity index (χ4v) is 3.06. The van der Waals surface area contributed by atoms with Crippen molar-refractivity contribution in [1.82, 2.24) is 0 Å².